The van der Waals surface area contributed by atoms with E-state index in [0.717, 1.165) is 12.1 Å². The molecule has 0 unspecified atom stereocenters. The van der Waals surface area contributed by atoms with Crippen LogP contribution in [0, 0.1) is 17.5 Å². The first-order valence-electron chi connectivity index (χ1n) is 4.92. The first-order chi connectivity index (χ1) is 7.74. The highest BCUT2D eigenvalue weighted by Crippen LogP contribution is 2.14. The van der Waals surface area contributed by atoms with E-state index < -0.39 is 28.9 Å². The van der Waals surface area contributed by atoms with Crippen LogP contribution in [0.5, 0.6) is 0 Å². The van der Waals surface area contributed by atoms with Gasteiger partial charge in [-0.2, -0.15) is 0 Å². The van der Waals surface area contributed by atoms with Crippen LogP contribution in [0.4, 0.5) is 13.2 Å². The van der Waals surface area contributed by atoms with E-state index in [1.165, 1.54) is 13.8 Å². The van der Waals surface area contributed by atoms with Crippen molar-refractivity contribution in [3.8, 4) is 0 Å². The molecule has 3 nitrogen and oxygen atoms in total. The summed E-state index contributed by atoms with van der Waals surface area (Å²) in [6.45, 7) is 3.07. The summed E-state index contributed by atoms with van der Waals surface area (Å²) in [6.07, 6.45) is 0. The Labute approximate surface area is 96.8 Å². The van der Waals surface area contributed by atoms with Crippen LogP contribution in [0.2, 0.25) is 0 Å². The second-order valence-corrected chi connectivity index (χ2v) is 4.22. The van der Waals surface area contributed by atoms with Crippen molar-refractivity contribution in [2.45, 2.75) is 25.9 Å². The highest BCUT2D eigenvalue weighted by Gasteiger charge is 2.24. The molecule has 0 saturated heterocycles. The van der Waals surface area contributed by atoms with Gasteiger partial charge in [0.25, 0.3) is 0 Å². The first kappa shape index (κ1) is 13.5. The molecule has 1 aromatic rings. The average Bonchev–Trinajstić information content (AvgIpc) is 2.22. The van der Waals surface area contributed by atoms with Crippen molar-refractivity contribution < 1.29 is 18.0 Å². The highest BCUT2D eigenvalue weighted by atomic mass is 19.2. The van der Waals surface area contributed by atoms with Gasteiger partial charge in [0.15, 0.2) is 17.5 Å². The number of hydrogen-bond donors (Lipinski definition) is 2. The third-order valence-electron chi connectivity index (χ3n) is 2.39. The number of hydrogen-bond acceptors (Lipinski definition) is 2. The predicted molar refractivity (Wildman–Crippen MR) is 56.4 cm³/mol. The number of halogens is 3. The summed E-state index contributed by atoms with van der Waals surface area (Å²) >= 11 is 0. The van der Waals surface area contributed by atoms with Gasteiger partial charge < -0.3 is 5.73 Å². The Hall–Kier alpha value is -1.56. The van der Waals surface area contributed by atoms with E-state index in [1.807, 2.05) is 0 Å². The minimum Gasteiger partial charge on any atom is -0.368 e. The molecule has 0 radical (unpaired) electrons. The van der Waals surface area contributed by atoms with E-state index in [0.29, 0.717) is 0 Å². The predicted octanol–water partition coefficient (Wildman–Crippen LogP) is 1.46. The molecule has 3 N–H and O–H groups in total. The largest absolute Gasteiger partial charge is 0.368 e. The summed E-state index contributed by atoms with van der Waals surface area (Å²) in [4.78, 5) is 11.0. The Bertz CT molecular complexity index is 423. The zero-order valence-corrected chi connectivity index (χ0v) is 9.48. The summed E-state index contributed by atoms with van der Waals surface area (Å²) in [5, 5.41) is 2.72. The fraction of sp³-hybridized carbons (Fsp3) is 0.364. The Morgan fingerprint density at radius 1 is 1.29 bits per heavy atom. The molecule has 17 heavy (non-hydrogen) atoms. The molecule has 0 aliphatic carbocycles. The molecular formula is C11H13F3N2O. The van der Waals surface area contributed by atoms with Crippen LogP contribution in [0.25, 0.3) is 0 Å². The number of nitrogens with one attached hydrogen (secondary N) is 1. The second kappa shape index (κ2) is 4.75. The van der Waals surface area contributed by atoms with Crippen LogP contribution in [-0.4, -0.2) is 11.4 Å². The number of rotatable bonds is 4. The summed E-state index contributed by atoms with van der Waals surface area (Å²) in [5.41, 5.74) is 4.29. The maximum Gasteiger partial charge on any atom is 0.237 e. The van der Waals surface area contributed by atoms with Crippen LogP contribution < -0.4 is 11.1 Å². The van der Waals surface area contributed by atoms with E-state index in [9.17, 15) is 18.0 Å². The number of nitrogens with two attached hydrogens (primary N) is 1. The molecule has 1 rings (SSSR count). The standard InChI is InChI=1S/C11H13F3N2O/c1-11(2,10(15)17)16-5-6-3-7(12)9(14)8(13)4-6/h3-4,16H,5H2,1-2H3,(H2,15,17). The van der Waals surface area contributed by atoms with Crippen molar-refractivity contribution >= 4 is 5.91 Å². The van der Waals surface area contributed by atoms with E-state index >= 15 is 0 Å². The fourth-order valence-electron chi connectivity index (χ4n) is 1.12. The van der Waals surface area contributed by atoms with Gasteiger partial charge in [-0.25, -0.2) is 13.2 Å². The Morgan fingerprint density at radius 2 is 1.76 bits per heavy atom. The smallest absolute Gasteiger partial charge is 0.237 e. The van der Waals surface area contributed by atoms with Gasteiger partial charge in [0.2, 0.25) is 5.91 Å². The van der Waals surface area contributed by atoms with E-state index in [4.69, 9.17) is 5.73 Å². The number of benzene rings is 1. The molecule has 0 atom stereocenters. The molecule has 0 fully saturated rings. The van der Waals surface area contributed by atoms with Gasteiger partial charge in [0, 0.05) is 6.54 Å². The maximum atomic E-state index is 12.9. The third-order valence-corrected chi connectivity index (χ3v) is 2.39. The number of carbonyl (C=O) groups is 1. The Kier molecular flexibility index (Phi) is 3.77. The molecule has 6 heteroatoms. The van der Waals surface area contributed by atoms with Gasteiger partial charge >= 0.3 is 0 Å². The van der Waals surface area contributed by atoms with Crippen LogP contribution in [0.1, 0.15) is 19.4 Å². The number of primary amides is 1. The van der Waals surface area contributed by atoms with Crippen LogP contribution in [0.3, 0.4) is 0 Å². The van der Waals surface area contributed by atoms with Crippen molar-refractivity contribution in [2.24, 2.45) is 5.73 Å². The maximum absolute atomic E-state index is 12.9. The Balaban J connectivity index is 2.81. The van der Waals surface area contributed by atoms with Gasteiger partial charge in [-0.1, -0.05) is 0 Å². The normalized spacial score (nSPS) is 11.6. The van der Waals surface area contributed by atoms with Crippen molar-refractivity contribution in [2.75, 3.05) is 0 Å². The molecular weight excluding hydrogens is 233 g/mol. The quantitative estimate of drug-likeness (QED) is 0.790. The zero-order valence-electron chi connectivity index (χ0n) is 9.48. The van der Waals surface area contributed by atoms with E-state index in [2.05, 4.69) is 5.32 Å². The van der Waals surface area contributed by atoms with Crippen molar-refractivity contribution in [3.63, 3.8) is 0 Å². The lowest BCUT2D eigenvalue weighted by Gasteiger charge is -2.22. The van der Waals surface area contributed by atoms with Gasteiger partial charge in [0.05, 0.1) is 5.54 Å². The van der Waals surface area contributed by atoms with Crippen molar-refractivity contribution in [1.82, 2.24) is 5.32 Å². The van der Waals surface area contributed by atoms with Crippen LogP contribution in [0.15, 0.2) is 12.1 Å². The van der Waals surface area contributed by atoms with E-state index in [1.54, 1.807) is 0 Å². The summed E-state index contributed by atoms with van der Waals surface area (Å²) in [6, 6.07) is 1.73. The molecule has 0 aliphatic rings. The monoisotopic (exact) mass is 246 g/mol. The minimum atomic E-state index is -1.51. The van der Waals surface area contributed by atoms with Crippen LogP contribution >= 0.6 is 0 Å². The van der Waals surface area contributed by atoms with Gasteiger partial charge in [-0.3, -0.25) is 10.1 Å². The van der Waals surface area contributed by atoms with E-state index in [-0.39, 0.29) is 12.1 Å². The zero-order chi connectivity index (χ0) is 13.2. The number of carbonyl (C=O) groups excluding carboxylic acids is 1. The number of amides is 1. The molecule has 0 aromatic heterocycles. The van der Waals surface area contributed by atoms with Crippen LogP contribution in [-0.2, 0) is 11.3 Å². The highest BCUT2D eigenvalue weighted by molar-refractivity contribution is 5.83. The Morgan fingerprint density at radius 3 is 2.18 bits per heavy atom. The molecule has 0 heterocycles. The lowest BCUT2D eigenvalue weighted by Crippen LogP contribution is -2.50. The van der Waals surface area contributed by atoms with Crippen molar-refractivity contribution in [3.05, 3.63) is 35.1 Å². The lowest BCUT2D eigenvalue weighted by atomic mass is 10.0. The molecule has 0 saturated carbocycles. The molecule has 0 spiro atoms. The second-order valence-electron chi connectivity index (χ2n) is 4.22. The topological polar surface area (TPSA) is 55.1 Å². The third kappa shape index (κ3) is 3.20. The molecule has 0 aliphatic heterocycles. The average molecular weight is 246 g/mol. The summed E-state index contributed by atoms with van der Waals surface area (Å²) in [7, 11) is 0. The molecule has 1 aromatic carbocycles. The molecule has 1 amide bonds. The van der Waals surface area contributed by atoms with Crippen molar-refractivity contribution in [1.29, 1.82) is 0 Å². The first-order valence-corrected chi connectivity index (χ1v) is 4.92. The molecule has 94 valence electrons. The summed E-state index contributed by atoms with van der Waals surface area (Å²) < 4.78 is 38.4. The van der Waals surface area contributed by atoms with Gasteiger partial charge in [-0.15, -0.1) is 0 Å². The minimum absolute atomic E-state index is 0.00403. The summed E-state index contributed by atoms with van der Waals surface area (Å²) in [5.74, 6) is -4.64. The van der Waals surface area contributed by atoms with Gasteiger partial charge in [-0.05, 0) is 31.5 Å². The SMILES string of the molecule is CC(C)(NCc1cc(F)c(F)c(F)c1)C(N)=O. The fourth-order valence-corrected chi connectivity index (χ4v) is 1.12. The van der Waals surface area contributed by atoms with Gasteiger partial charge in [0.1, 0.15) is 0 Å². The lowest BCUT2D eigenvalue weighted by molar-refractivity contribution is -0.123. The molecule has 0 bridgehead atoms.